The number of likely N-dealkylation sites (tertiary alicyclic amines) is 1. The van der Waals surface area contributed by atoms with Gasteiger partial charge in [0.1, 0.15) is 23.2 Å². The van der Waals surface area contributed by atoms with Gasteiger partial charge in [-0.15, -0.1) is 0 Å². The average molecular weight is 528 g/mol. The molecule has 0 aromatic carbocycles. The molecule has 0 aliphatic carbocycles. The second-order valence-corrected chi connectivity index (χ2v) is 12.2. The van der Waals surface area contributed by atoms with Crippen LogP contribution in [0.25, 0.3) is 0 Å². The van der Waals surface area contributed by atoms with Crippen molar-refractivity contribution in [2.24, 2.45) is 5.41 Å². The zero-order valence-corrected chi connectivity index (χ0v) is 23.9. The quantitative estimate of drug-likeness (QED) is 0.515. The highest BCUT2D eigenvalue weighted by atomic mass is 16.6. The first kappa shape index (κ1) is 28.4. The number of hydrogen-bond donors (Lipinski definition) is 0. The SMILES string of the molecule is COCCCN1CCCN(c2nc(C#N)cc(N3CCC4(CCN(C(=O)OC(C)(C)C)C4)CC3)n2)[C@@H](C)C1. The van der Waals surface area contributed by atoms with Gasteiger partial charge in [0.2, 0.25) is 5.95 Å². The summed E-state index contributed by atoms with van der Waals surface area (Å²) in [6.45, 7) is 15.8. The fourth-order valence-electron chi connectivity index (χ4n) is 5.99. The van der Waals surface area contributed by atoms with Crippen LogP contribution in [-0.4, -0.2) is 104 Å². The average Bonchev–Trinajstić information content (AvgIpc) is 3.19. The number of nitriles is 1. The van der Waals surface area contributed by atoms with Crippen molar-refractivity contribution in [1.29, 1.82) is 5.26 Å². The molecular weight excluding hydrogens is 482 g/mol. The Balaban J connectivity index is 1.40. The van der Waals surface area contributed by atoms with Crippen LogP contribution in [-0.2, 0) is 9.47 Å². The lowest BCUT2D eigenvalue weighted by Crippen LogP contribution is -2.44. The number of carbonyl (C=O) groups excluding carboxylic acids is 1. The summed E-state index contributed by atoms with van der Waals surface area (Å²) in [5.41, 5.74) is 0.0649. The van der Waals surface area contributed by atoms with Gasteiger partial charge in [-0.05, 0) is 71.8 Å². The molecule has 1 aromatic heterocycles. The van der Waals surface area contributed by atoms with Gasteiger partial charge in [-0.2, -0.15) is 10.2 Å². The number of rotatable bonds is 6. The number of amides is 1. The van der Waals surface area contributed by atoms with E-state index in [4.69, 9.17) is 14.5 Å². The molecule has 0 radical (unpaired) electrons. The van der Waals surface area contributed by atoms with E-state index in [-0.39, 0.29) is 17.6 Å². The second kappa shape index (κ2) is 12.0. The van der Waals surface area contributed by atoms with Gasteiger partial charge in [-0.3, -0.25) is 0 Å². The summed E-state index contributed by atoms with van der Waals surface area (Å²) in [5.74, 6) is 1.49. The van der Waals surface area contributed by atoms with E-state index in [2.05, 4.69) is 32.7 Å². The van der Waals surface area contributed by atoms with Crippen molar-refractivity contribution < 1.29 is 14.3 Å². The molecule has 210 valence electrons. The molecular formula is C28H45N7O3. The summed E-state index contributed by atoms with van der Waals surface area (Å²) >= 11 is 0. The maximum Gasteiger partial charge on any atom is 0.410 e. The van der Waals surface area contributed by atoms with Crippen molar-refractivity contribution in [1.82, 2.24) is 19.8 Å². The topological polar surface area (TPSA) is 98.1 Å². The molecule has 1 atom stereocenters. The van der Waals surface area contributed by atoms with Crippen LogP contribution in [0.2, 0.25) is 0 Å². The molecule has 4 rings (SSSR count). The molecule has 4 heterocycles. The highest BCUT2D eigenvalue weighted by Crippen LogP contribution is 2.41. The van der Waals surface area contributed by atoms with Crippen LogP contribution in [0, 0.1) is 16.7 Å². The third kappa shape index (κ3) is 7.06. The number of hydrogen-bond acceptors (Lipinski definition) is 9. The summed E-state index contributed by atoms with van der Waals surface area (Å²) in [4.78, 5) is 31.1. The molecule has 3 aliphatic heterocycles. The van der Waals surface area contributed by atoms with E-state index < -0.39 is 5.60 Å². The molecule has 0 bridgehead atoms. The maximum atomic E-state index is 12.6. The number of piperidine rings is 1. The van der Waals surface area contributed by atoms with Crippen molar-refractivity contribution in [2.75, 3.05) is 75.9 Å². The van der Waals surface area contributed by atoms with E-state index in [1.165, 1.54) is 0 Å². The lowest BCUT2D eigenvalue weighted by atomic mass is 9.78. The van der Waals surface area contributed by atoms with Gasteiger partial charge in [0.25, 0.3) is 0 Å². The monoisotopic (exact) mass is 527 g/mol. The molecule has 3 aliphatic rings. The number of carbonyl (C=O) groups is 1. The second-order valence-electron chi connectivity index (χ2n) is 12.2. The predicted octanol–water partition coefficient (Wildman–Crippen LogP) is 3.51. The minimum Gasteiger partial charge on any atom is -0.444 e. The fraction of sp³-hybridized carbons (Fsp3) is 0.786. The van der Waals surface area contributed by atoms with Crippen LogP contribution < -0.4 is 9.80 Å². The molecule has 0 unspecified atom stereocenters. The Morgan fingerprint density at radius 3 is 2.58 bits per heavy atom. The molecule has 0 saturated carbocycles. The summed E-state index contributed by atoms with van der Waals surface area (Å²) in [6.07, 6.45) is 4.84. The third-order valence-electron chi connectivity index (χ3n) is 8.06. The van der Waals surface area contributed by atoms with Gasteiger partial charge >= 0.3 is 6.09 Å². The summed E-state index contributed by atoms with van der Waals surface area (Å²) < 4.78 is 10.8. The van der Waals surface area contributed by atoms with Crippen molar-refractivity contribution in [3.8, 4) is 6.07 Å². The van der Waals surface area contributed by atoms with Gasteiger partial charge < -0.3 is 29.1 Å². The highest BCUT2D eigenvalue weighted by molar-refractivity contribution is 5.68. The summed E-state index contributed by atoms with van der Waals surface area (Å²) in [7, 11) is 1.75. The van der Waals surface area contributed by atoms with Crippen LogP contribution in [0.1, 0.15) is 65.5 Å². The first-order chi connectivity index (χ1) is 18.1. The van der Waals surface area contributed by atoms with Crippen molar-refractivity contribution in [3.63, 3.8) is 0 Å². The highest BCUT2D eigenvalue weighted by Gasteiger charge is 2.43. The largest absolute Gasteiger partial charge is 0.444 e. The first-order valence-corrected chi connectivity index (χ1v) is 14.1. The van der Waals surface area contributed by atoms with Crippen molar-refractivity contribution >= 4 is 17.9 Å². The molecule has 3 fully saturated rings. The Morgan fingerprint density at radius 2 is 1.89 bits per heavy atom. The summed E-state index contributed by atoms with van der Waals surface area (Å²) in [6, 6.07) is 4.33. The smallest absolute Gasteiger partial charge is 0.410 e. The molecule has 1 spiro atoms. The molecule has 1 aromatic rings. The number of aromatic nitrogens is 2. The molecule has 3 saturated heterocycles. The van der Waals surface area contributed by atoms with Crippen LogP contribution >= 0.6 is 0 Å². The van der Waals surface area contributed by atoms with Crippen LogP contribution in [0.5, 0.6) is 0 Å². The number of nitrogens with zero attached hydrogens (tertiary/aromatic N) is 7. The first-order valence-electron chi connectivity index (χ1n) is 14.1. The Morgan fingerprint density at radius 1 is 1.16 bits per heavy atom. The minimum absolute atomic E-state index is 0.132. The fourth-order valence-corrected chi connectivity index (χ4v) is 5.99. The third-order valence-corrected chi connectivity index (χ3v) is 8.06. The maximum absolute atomic E-state index is 12.6. The van der Waals surface area contributed by atoms with Crippen LogP contribution in [0.15, 0.2) is 6.07 Å². The molecule has 0 N–H and O–H groups in total. The van der Waals surface area contributed by atoms with Crippen molar-refractivity contribution in [2.45, 2.75) is 71.4 Å². The van der Waals surface area contributed by atoms with Gasteiger partial charge in [-0.1, -0.05) is 0 Å². The molecule has 38 heavy (non-hydrogen) atoms. The van der Waals surface area contributed by atoms with E-state index in [0.717, 1.165) is 96.9 Å². The normalized spacial score (nSPS) is 22.4. The zero-order valence-electron chi connectivity index (χ0n) is 23.9. The van der Waals surface area contributed by atoms with Crippen molar-refractivity contribution in [3.05, 3.63) is 11.8 Å². The van der Waals surface area contributed by atoms with E-state index >= 15 is 0 Å². The molecule has 1 amide bonds. The van der Waals surface area contributed by atoms with Gasteiger partial charge in [0, 0.05) is 71.6 Å². The lowest BCUT2D eigenvalue weighted by Gasteiger charge is -2.40. The zero-order chi connectivity index (χ0) is 27.3. The number of methoxy groups -OCH3 is 1. The van der Waals surface area contributed by atoms with Gasteiger partial charge in [-0.25, -0.2) is 9.78 Å². The van der Waals surface area contributed by atoms with E-state index in [0.29, 0.717) is 11.6 Å². The standard InChI is InChI=1S/C28H45N7O3/c1-22-20-32(12-7-17-37-5)11-6-13-35(22)25-30-23(19-29)18-24(31-25)33-14-8-28(9-15-33)10-16-34(21-28)26(36)38-27(2,3)4/h18,22H,6-17,20-21H2,1-5H3/t22-/m0/s1. The Hall–Kier alpha value is -2.64. The predicted molar refractivity (Wildman–Crippen MR) is 147 cm³/mol. The number of anilines is 2. The van der Waals surface area contributed by atoms with E-state index in [9.17, 15) is 10.1 Å². The van der Waals surface area contributed by atoms with E-state index in [1.807, 2.05) is 31.7 Å². The van der Waals surface area contributed by atoms with Crippen LogP contribution in [0.3, 0.4) is 0 Å². The van der Waals surface area contributed by atoms with Gasteiger partial charge in [0.05, 0.1) is 0 Å². The van der Waals surface area contributed by atoms with E-state index in [1.54, 1.807) is 7.11 Å². The Labute approximate surface area is 227 Å². The number of ether oxygens (including phenoxy) is 2. The Bertz CT molecular complexity index is 997. The lowest BCUT2D eigenvalue weighted by molar-refractivity contribution is 0.0266. The molecule has 10 heteroatoms. The minimum atomic E-state index is -0.480. The summed E-state index contributed by atoms with van der Waals surface area (Å²) in [5, 5.41) is 9.75. The van der Waals surface area contributed by atoms with Gasteiger partial charge in [0.15, 0.2) is 0 Å². The van der Waals surface area contributed by atoms with Crippen LogP contribution in [0.4, 0.5) is 16.6 Å². The molecule has 10 nitrogen and oxygen atoms in total. The Kier molecular flexibility index (Phi) is 8.99.